The Morgan fingerprint density at radius 1 is 1.36 bits per heavy atom. The van der Waals surface area contributed by atoms with Crippen LogP contribution in [-0.4, -0.2) is 14.9 Å². The molecule has 0 fully saturated rings. The Kier molecular flexibility index (Phi) is 3.56. The van der Waals surface area contributed by atoms with Crippen LogP contribution in [0.3, 0.4) is 0 Å². The number of aromatic nitrogens is 2. The van der Waals surface area contributed by atoms with E-state index >= 15 is 0 Å². The molecule has 0 aliphatic carbocycles. The predicted molar refractivity (Wildman–Crippen MR) is 57.6 cm³/mol. The standard InChI is InChI=1S/C10H17ClN2O/c1-6(2)9-8(5-14)10(11)13(12-9)7(3)4/h6-7,14H,5H2,1-4H3. The van der Waals surface area contributed by atoms with Crippen molar-refractivity contribution in [1.82, 2.24) is 9.78 Å². The molecule has 4 heteroatoms. The van der Waals surface area contributed by atoms with Gasteiger partial charge in [-0.1, -0.05) is 25.4 Å². The molecule has 14 heavy (non-hydrogen) atoms. The fourth-order valence-corrected chi connectivity index (χ4v) is 1.81. The highest BCUT2D eigenvalue weighted by atomic mass is 35.5. The van der Waals surface area contributed by atoms with E-state index in [0.29, 0.717) is 5.15 Å². The van der Waals surface area contributed by atoms with Gasteiger partial charge in [-0.3, -0.25) is 4.68 Å². The molecule has 0 aliphatic rings. The van der Waals surface area contributed by atoms with Gasteiger partial charge in [-0.25, -0.2) is 0 Å². The summed E-state index contributed by atoms with van der Waals surface area (Å²) in [5.41, 5.74) is 1.65. The third-order valence-electron chi connectivity index (χ3n) is 2.17. The summed E-state index contributed by atoms with van der Waals surface area (Å²) in [4.78, 5) is 0. The number of nitrogens with zero attached hydrogens (tertiary/aromatic N) is 2. The fourth-order valence-electron chi connectivity index (χ4n) is 1.42. The first kappa shape index (κ1) is 11.5. The Bertz CT molecular complexity index is 318. The molecule has 0 unspecified atom stereocenters. The van der Waals surface area contributed by atoms with Gasteiger partial charge < -0.3 is 5.11 Å². The maximum Gasteiger partial charge on any atom is 0.133 e. The molecule has 0 aliphatic heterocycles. The van der Waals surface area contributed by atoms with Gasteiger partial charge in [0.1, 0.15) is 5.15 Å². The minimum absolute atomic E-state index is 0.0426. The molecule has 0 saturated heterocycles. The van der Waals surface area contributed by atoms with Gasteiger partial charge in [0.2, 0.25) is 0 Å². The van der Waals surface area contributed by atoms with Gasteiger partial charge in [0.05, 0.1) is 12.3 Å². The Hall–Kier alpha value is -0.540. The SMILES string of the molecule is CC(C)c1nn(C(C)C)c(Cl)c1CO. The van der Waals surface area contributed by atoms with Crippen LogP contribution in [0.15, 0.2) is 0 Å². The molecular weight excluding hydrogens is 200 g/mol. The quantitative estimate of drug-likeness (QED) is 0.844. The van der Waals surface area contributed by atoms with Crippen molar-refractivity contribution in [1.29, 1.82) is 0 Å². The van der Waals surface area contributed by atoms with E-state index in [1.54, 1.807) is 4.68 Å². The number of aliphatic hydroxyl groups excluding tert-OH is 1. The summed E-state index contributed by atoms with van der Waals surface area (Å²) in [6.45, 7) is 8.08. The molecule has 0 radical (unpaired) electrons. The Morgan fingerprint density at radius 2 is 1.93 bits per heavy atom. The molecule has 1 aromatic rings. The number of hydrogen-bond acceptors (Lipinski definition) is 2. The third kappa shape index (κ3) is 1.93. The first-order valence-electron chi connectivity index (χ1n) is 4.86. The van der Waals surface area contributed by atoms with Gasteiger partial charge in [0, 0.05) is 11.6 Å². The smallest absolute Gasteiger partial charge is 0.133 e. The lowest BCUT2D eigenvalue weighted by Crippen LogP contribution is -2.03. The average Bonchev–Trinajstić information content (AvgIpc) is 2.42. The van der Waals surface area contributed by atoms with E-state index in [4.69, 9.17) is 11.6 Å². The maximum absolute atomic E-state index is 9.21. The van der Waals surface area contributed by atoms with Crippen LogP contribution in [0.4, 0.5) is 0 Å². The summed E-state index contributed by atoms with van der Waals surface area (Å²) in [7, 11) is 0. The van der Waals surface area contributed by atoms with Crippen LogP contribution in [0.25, 0.3) is 0 Å². The molecule has 1 rings (SSSR count). The van der Waals surface area contributed by atoms with Crippen molar-refractivity contribution in [2.75, 3.05) is 0 Å². The Balaban J connectivity index is 3.24. The summed E-state index contributed by atoms with van der Waals surface area (Å²) in [6.07, 6.45) is 0. The van der Waals surface area contributed by atoms with Gasteiger partial charge in [0.15, 0.2) is 0 Å². The second-order valence-corrected chi connectivity index (χ2v) is 4.36. The minimum Gasteiger partial charge on any atom is -0.391 e. The zero-order chi connectivity index (χ0) is 10.9. The summed E-state index contributed by atoms with van der Waals surface area (Å²) in [5, 5.41) is 14.2. The van der Waals surface area contributed by atoms with Crippen LogP contribution < -0.4 is 0 Å². The molecular formula is C10H17ClN2O. The van der Waals surface area contributed by atoms with E-state index < -0.39 is 0 Å². The molecule has 0 amide bonds. The highest BCUT2D eigenvalue weighted by Crippen LogP contribution is 2.27. The molecule has 1 N–H and O–H groups in total. The Labute approximate surface area is 89.7 Å². The van der Waals surface area contributed by atoms with Crippen molar-refractivity contribution >= 4 is 11.6 Å². The van der Waals surface area contributed by atoms with Crippen molar-refractivity contribution in [3.63, 3.8) is 0 Å². The zero-order valence-electron chi connectivity index (χ0n) is 9.08. The highest BCUT2D eigenvalue weighted by Gasteiger charge is 2.18. The van der Waals surface area contributed by atoms with Crippen molar-refractivity contribution in [3.8, 4) is 0 Å². The van der Waals surface area contributed by atoms with Gasteiger partial charge in [-0.05, 0) is 19.8 Å². The topological polar surface area (TPSA) is 38.0 Å². The first-order valence-corrected chi connectivity index (χ1v) is 5.24. The van der Waals surface area contributed by atoms with Crippen LogP contribution in [0.2, 0.25) is 5.15 Å². The van der Waals surface area contributed by atoms with Crippen molar-refractivity contribution in [2.45, 2.75) is 46.3 Å². The lowest BCUT2D eigenvalue weighted by Gasteiger charge is -2.06. The minimum atomic E-state index is -0.0426. The van der Waals surface area contributed by atoms with Crippen LogP contribution in [0.1, 0.15) is 50.9 Å². The van der Waals surface area contributed by atoms with Crippen LogP contribution in [-0.2, 0) is 6.61 Å². The van der Waals surface area contributed by atoms with Crippen LogP contribution in [0.5, 0.6) is 0 Å². The van der Waals surface area contributed by atoms with Gasteiger partial charge in [0.25, 0.3) is 0 Å². The fraction of sp³-hybridized carbons (Fsp3) is 0.700. The normalized spacial score (nSPS) is 11.7. The molecule has 1 heterocycles. The summed E-state index contributed by atoms with van der Waals surface area (Å²) >= 11 is 6.11. The summed E-state index contributed by atoms with van der Waals surface area (Å²) in [5.74, 6) is 0.287. The molecule has 80 valence electrons. The summed E-state index contributed by atoms with van der Waals surface area (Å²) < 4.78 is 1.75. The lowest BCUT2D eigenvalue weighted by molar-refractivity contribution is 0.280. The van der Waals surface area contributed by atoms with Crippen molar-refractivity contribution < 1.29 is 5.11 Å². The second-order valence-electron chi connectivity index (χ2n) is 4.01. The van der Waals surface area contributed by atoms with E-state index in [1.165, 1.54) is 0 Å². The van der Waals surface area contributed by atoms with Gasteiger partial charge in [-0.15, -0.1) is 0 Å². The first-order chi connectivity index (χ1) is 6.49. The monoisotopic (exact) mass is 216 g/mol. The molecule has 0 spiro atoms. The highest BCUT2D eigenvalue weighted by molar-refractivity contribution is 6.30. The molecule has 0 bridgehead atoms. The van der Waals surface area contributed by atoms with Crippen LogP contribution in [0, 0.1) is 0 Å². The summed E-state index contributed by atoms with van der Waals surface area (Å²) in [6, 6.07) is 0.222. The van der Waals surface area contributed by atoms with Crippen molar-refractivity contribution in [2.24, 2.45) is 0 Å². The third-order valence-corrected chi connectivity index (χ3v) is 2.57. The van der Waals surface area contributed by atoms with Gasteiger partial charge >= 0.3 is 0 Å². The van der Waals surface area contributed by atoms with E-state index in [0.717, 1.165) is 11.3 Å². The number of rotatable bonds is 3. The van der Waals surface area contributed by atoms with Crippen molar-refractivity contribution in [3.05, 3.63) is 16.4 Å². The van der Waals surface area contributed by atoms with Crippen LogP contribution >= 0.6 is 11.6 Å². The molecule has 3 nitrogen and oxygen atoms in total. The maximum atomic E-state index is 9.21. The zero-order valence-corrected chi connectivity index (χ0v) is 9.84. The predicted octanol–water partition coefficient (Wildman–Crippen LogP) is 2.73. The van der Waals surface area contributed by atoms with E-state index in [1.807, 2.05) is 27.7 Å². The molecule has 0 aromatic carbocycles. The lowest BCUT2D eigenvalue weighted by atomic mass is 10.1. The number of halogens is 1. The molecule has 0 atom stereocenters. The number of hydrogen-bond donors (Lipinski definition) is 1. The Morgan fingerprint density at radius 3 is 2.21 bits per heavy atom. The molecule has 1 aromatic heterocycles. The second kappa shape index (κ2) is 4.32. The average molecular weight is 217 g/mol. The van der Waals surface area contributed by atoms with E-state index in [9.17, 15) is 5.11 Å². The van der Waals surface area contributed by atoms with E-state index in [2.05, 4.69) is 5.10 Å². The van der Waals surface area contributed by atoms with Gasteiger partial charge in [-0.2, -0.15) is 5.10 Å². The number of aliphatic hydroxyl groups is 1. The molecule has 0 saturated carbocycles. The van der Waals surface area contributed by atoms with E-state index in [-0.39, 0.29) is 18.6 Å². The largest absolute Gasteiger partial charge is 0.391 e.